The number of hydrogen-bond donors (Lipinski definition) is 0. The molecule has 0 spiro atoms. The van der Waals surface area contributed by atoms with Crippen molar-refractivity contribution >= 4 is 0 Å². The maximum Gasteiger partial charge on any atom is -0.0351 e. The Morgan fingerprint density at radius 2 is 0.750 bits per heavy atom. The van der Waals surface area contributed by atoms with E-state index in [9.17, 15) is 0 Å². The molecule has 0 heterocycles. The Balaban J connectivity index is 2.10. The number of rotatable bonds is 0. The summed E-state index contributed by atoms with van der Waals surface area (Å²) in [6.45, 7) is 0. The molecule has 0 aromatic heterocycles. The highest BCUT2D eigenvalue weighted by molar-refractivity contribution is 4.81. The average Bonchev–Trinajstić information content (AvgIpc) is 2.05. The minimum Gasteiger partial charge on any atom is -0.0885 e. The van der Waals surface area contributed by atoms with E-state index in [4.69, 9.17) is 0 Å². The van der Waals surface area contributed by atoms with Crippen molar-refractivity contribution < 1.29 is 0 Å². The predicted molar refractivity (Wildman–Crippen MR) is 55.3 cm³/mol. The summed E-state index contributed by atoms with van der Waals surface area (Å²) in [5.41, 5.74) is 0. The lowest BCUT2D eigenvalue weighted by Gasteiger charge is -2.02. The molecule has 0 nitrogen and oxygen atoms in total. The Bertz CT molecular complexity index is 99.2. The van der Waals surface area contributed by atoms with Crippen molar-refractivity contribution in [1.29, 1.82) is 0 Å². The molecule has 0 saturated heterocycles. The first-order valence-electron chi connectivity index (χ1n) is 5.65. The zero-order valence-corrected chi connectivity index (χ0v) is 8.23. The summed E-state index contributed by atoms with van der Waals surface area (Å²) in [4.78, 5) is 0. The van der Waals surface area contributed by atoms with E-state index in [1.807, 2.05) is 0 Å². The van der Waals surface area contributed by atoms with Crippen LogP contribution in [-0.4, -0.2) is 0 Å². The molecule has 0 radical (unpaired) electrons. The zero-order valence-electron chi connectivity index (χ0n) is 8.23. The van der Waals surface area contributed by atoms with Gasteiger partial charge in [0.1, 0.15) is 0 Å². The molecule has 0 aromatic carbocycles. The molecule has 0 aliphatic heterocycles. The summed E-state index contributed by atoms with van der Waals surface area (Å²) in [5, 5.41) is 0. The van der Waals surface area contributed by atoms with E-state index >= 15 is 0 Å². The smallest absolute Gasteiger partial charge is 0.0351 e. The van der Waals surface area contributed by atoms with Crippen molar-refractivity contribution in [2.24, 2.45) is 0 Å². The standard InChI is InChI=1S/C12H22/c1-2-4-6-8-10-12-11-9-7-5-3-1/h1-2H,3-12H2/b2-1-. The summed E-state index contributed by atoms with van der Waals surface area (Å²) in [7, 11) is 0. The molecule has 0 saturated carbocycles. The van der Waals surface area contributed by atoms with Gasteiger partial charge in [0.2, 0.25) is 0 Å². The van der Waals surface area contributed by atoms with Crippen LogP contribution in [0.2, 0.25) is 0 Å². The van der Waals surface area contributed by atoms with Crippen LogP contribution in [0.3, 0.4) is 0 Å². The molecule has 0 amide bonds. The van der Waals surface area contributed by atoms with Crippen molar-refractivity contribution in [2.45, 2.75) is 64.2 Å². The second kappa shape index (κ2) is 7.39. The van der Waals surface area contributed by atoms with E-state index in [0.29, 0.717) is 0 Å². The first kappa shape index (κ1) is 9.83. The molecular formula is C12H22. The highest BCUT2D eigenvalue weighted by Crippen LogP contribution is 2.12. The van der Waals surface area contributed by atoms with E-state index in [1.54, 1.807) is 0 Å². The van der Waals surface area contributed by atoms with Gasteiger partial charge >= 0.3 is 0 Å². The molecule has 0 heteroatoms. The summed E-state index contributed by atoms with van der Waals surface area (Å²) < 4.78 is 0. The van der Waals surface area contributed by atoms with E-state index < -0.39 is 0 Å². The third-order valence-electron chi connectivity index (χ3n) is 2.66. The van der Waals surface area contributed by atoms with Crippen LogP contribution in [0.4, 0.5) is 0 Å². The van der Waals surface area contributed by atoms with E-state index in [2.05, 4.69) is 12.2 Å². The van der Waals surface area contributed by atoms with Gasteiger partial charge in [0.05, 0.1) is 0 Å². The Hall–Kier alpha value is -0.260. The molecule has 0 fully saturated rings. The Morgan fingerprint density at radius 3 is 1.17 bits per heavy atom. The Morgan fingerprint density at radius 1 is 0.417 bits per heavy atom. The van der Waals surface area contributed by atoms with Gasteiger partial charge in [-0.05, 0) is 25.7 Å². The minimum absolute atomic E-state index is 1.32. The third kappa shape index (κ3) is 5.40. The minimum atomic E-state index is 1.32. The normalized spacial score (nSPS) is 25.3. The van der Waals surface area contributed by atoms with Crippen LogP contribution in [0.5, 0.6) is 0 Å². The van der Waals surface area contributed by atoms with Gasteiger partial charge in [0.25, 0.3) is 0 Å². The fourth-order valence-corrected chi connectivity index (χ4v) is 1.82. The summed E-state index contributed by atoms with van der Waals surface area (Å²) in [6, 6.07) is 0. The lowest BCUT2D eigenvalue weighted by molar-refractivity contribution is 0.566. The van der Waals surface area contributed by atoms with Gasteiger partial charge in [-0.15, -0.1) is 0 Å². The molecule has 0 unspecified atom stereocenters. The van der Waals surface area contributed by atoms with Gasteiger partial charge in [-0.25, -0.2) is 0 Å². The molecule has 1 aliphatic carbocycles. The zero-order chi connectivity index (χ0) is 8.49. The Labute approximate surface area is 77.1 Å². The first-order valence-corrected chi connectivity index (χ1v) is 5.65. The largest absolute Gasteiger partial charge is 0.0885 e. The third-order valence-corrected chi connectivity index (χ3v) is 2.66. The van der Waals surface area contributed by atoms with Gasteiger partial charge in [-0.1, -0.05) is 50.7 Å². The van der Waals surface area contributed by atoms with Crippen LogP contribution in [0, 0.1) is 0 Å². The predicted octanol–water partition coefficient (Wildman–Crippen LogP) is 4.46. The lowest BCUT2D eigenvalue weighted by Crippen LogP contribution is -1.82. The van der Waals surface area contributed by atoms with Crippen molar-refractivity contribution in [2.75, 3.05) is 0 Å². The SMILES string of the molecule is C1=C\CCCCCCCCCC/1. The second-order valence-corrected chi connectivity index (χ2v) is 3.88. The molecule has 12 heavy (non-hydrogen) atoms. The van der Waals surface area contributed by atoms with Crippen LogP contribution >= 0.6 is 0 Å². The Kier molecular flexibility index (Phi) is 6.05. The van der Waals surface area contributed by atoms with E-state index in [0.717, 1.165) is 0 Å². The summed E-state index contributed by atoms with van der Waals surface area (Å²) in [5.74, 6) is 0. The van der Waals surface area contributed by atoms with Crippen LogP contribution in [0.25, 0.3) is 0 Å². The second-order valence-electron chi connectivity index (χ2n) is 3.88. The fraction of sp³-hybridized carbons (Fsp3) is 0.833. The van der Waals surface area contributed by atoms with Crippen LogP contribution in [0.15, 0.2) is 12.2 Å². The van der Waals surface area contributed by atoms with Gasteiger partial charge < -0.3 is 0 Å². The maximum atomic E-state index is 2.38. The van der Waals surface area contributed by atoms with Gasteiger partial charge in [0.15, 0.2) is 0 Å². The van der Waals surface area contributed by atoms with Gasteiger partial charge in [-0.3, -0.25) is 0 Å². The lowest BCUT2D eigenvalue weighted by atomic mass is 10.0. The highest BCUT2D eigenvalue weighted by atomic mass is 14.0. The quantitative estimate of drug-likeness (QED) is 0.466. The molecule has 0 bridgehead atoms. The first-order chi connectivity index (χ1) is 6.00. The molecule has 0 atom stereocenters. The number of hydrogen-bond acceptors (Lipinski definition) is 0. The van der Waals surface area contributed by atoms with E-state index in [-0.39, 0.29) is 0 Å². The molecule has 1 aliphatic rings. The highest BCUT2D eigenvalue weighted by Gasteiger charge is 1.92. The van der Waals surface area contributed by atoms with E-state index in [1.165, 1.54) is 64.2 Å². The number of allylic oxidation sites excluding steroid dienone is 2. The van der Waals surface area contributed by atoms with Crippen LogP contribution in [0.1, 0.15) is 64.2 Å². The molecule has 1 rings (SSSR count). The fourth-order valence-electron chi connectivity index (χ4n) is 1.82. The van der Waals surface area contributed by atoms with Gasteiger partial charge in [-0.2, -0.15) is 0 Å². The summed E-state index contributed by atoms with van der Waals surface area (Å²) >= 11 is 0. The average molecular weight is 166 g/mol. The van der Waals surface area contributed by atoms with Crippen molar-refractivity contribution in [3.05, 3.63) is 12.2 Å². The molecule has 70 valence electrons. The summed E-state index contributed by atoms with van der Waals surface area (Å²) in [6.07, 6.45) is 19.0. The van der Waals surface area contributed by atoms with Crippen molar-refractivity contribution in [3.8, 4) is 0 Å². The van der Waals surface area contributed by atoms with Crippen LogP contribution < -0.4 is 0 Å². The molecule has 0 N–H and O–H groups in total. The van der Waals surface area contributed by atoms with Gasteiger partial charge in [0, 0.05) is 0 Å². The van der Waals surface area contributed by atoms with Crippen molar-refractivity contribution in [1.82, 2.24) is 0 Å². The molecule has 0 aromatic rings. The topological polar surface area (TPSA) is 0 Å². The molecular weight excluding hydrogens is 144 g/mol. The monoisotopic (exact) mass is 166 g/mol. The van der Waals surface area contributed by atoms with Crippen LogP contribution in [-0.2, 0) is 0 Å². The maximum absolute atomic E-state index is 2.38. The van der Waals surface area contributed by atoms with Crippen molar-refractivity contribution in [3.63, 3.8) is 0 Å².